The molecule has 0 fully saturated rings. The standard InChI is InChI=1S/C24H21Cl2FN2O3S/c1-16-13-17-5-2-3-8-23(17)29(16)24(30)15-28(14-20-21(26)6-4-7-22(20)27)33(31,32)19-11-9-18(25)10-12-19/h2-12,16H,13-15H2,1H3. The van der Waals surface area contributed by atoms with Crippen LogP contribution in [0.5, 0.6) is 0 Å². The van der Waals surface area contributed by atoms with Crippen molar-refractivity contribution in [3.05, 3.63) is 93.7 Å². The van der Waals surface area contributed by atoms with Crippen LogP contribution in [0.2, 0.25) is 10.0 Å². The van der Waals surface area contributed by atoms with Crippen molar-refractivity contribution in [1.82, 2.24) is 4.31 Å². The highest BCUT2D eigenvalue weighted by molar-refractivity contribution is 7.89. The van der Waals surface area contributed by atoms with Crippen LogP contribution in [-0.4, -0.2) is 31.2 Å². The zero-order valence-electron chi connectivity index (χ0n) is 17.7. The summed E-state index contributed by atoms with van der Waals surface area (Å²) in [4.78, 5) is 14.9. The van der Waals surface area contributed by atoms with Crippen LogP contribution in [0.25, 0.3) is 0 Å². The third kappa shape index (κ3) is 4.77. The molecule has 0 aromatic heterocycles. The van der Waals surface area contributed by atoms with Crippen molar-refractivity contribution in [2.75, 3.05) is 11.4 Å². The number of sulfonamides is 1. The Balaban J connectivity index is 1.71. The van der Waals surface area contributed by atoms with Crippen molar-refractivity contribution >= 4 is 44.8 Å². The largest absolute Gasteiger partial charge is 0.308 e. The van der Waals surface area contributed by atoms with Gasteiger partial charge < -0.3 is 4.90 Å². The highest BCUT2D eigenvalue weighted by atomic mass is 35.5. The maximum absolute atomic E-state index is 14.5. The van der Waals surface area contributed by atoms with E-state index in [0.29, 0.717) is 11.4 Å². The Kier molecular flexibility index (Phi) is 6.77. The molecule has 4 rings (SSSR count). The second-order valence-electron chi connectivity index (χ2n) is 7.87. The van der Waals surface area contributed by atoms with Gasteiger partial charge in [-0.1, -0.05) is 47.5 Å². The lowest BCUT2D eigenvalue weighted by Crippen LogP contribution is -2.45. The predicted molar refractivity (Wildman–Crippen MR) is 128 cm³/mol. The first-order valence-corrected chi connectivity index (χ1v) is 12.5. The maximum Gasteiger partial charge on any atom is 0.243 e. The summed E-state index contributed by atoms with van der Waals surface area (Å²) in [7, 11) is -4.17. The topological polar surface area (TPSA) is 57.7 Å². The number of hydrogen-bond donors (Lipinski definition) is 0. The molecule has 1 unspecified atom stereocenters. The molecule has 1 heterocycles. The van der Waals surface area contributed by atoms with Gasteiger partial charge in [-0.05, 0) is 61.4 Å². The second kappa shape index (κ2) is 9.43. The molecule has 1 aliphatic rings. The third-order valence-corrected chi connectivity index (χ3v) is 8.05. The van der Waals surface area contributed by atoms with Gasteiger partial charge in [0.25, 0.3) is 0 Å². The Morgan fingerprint density at radius 1 is 1.06 bits per heavy atom. The minimum atomic E-state index is -4.17. The van der Waals surface area contributed by atoms with Gasteiger partial charge in [0.15, 0.2) is 0 Å². The van der Waals surface area contributed by atoms with Crippen LogP contribution in [0.15, 0.2) is 71.6 Å². The highest BCUT2D eigenvalue weighted by Crippen LogP contribution is 2.33. The van der Waals surface area contributed by atoms with Crippen LogP contribution in [0.3, 0.4) is 0 Å². The lowest BCUT2D eigenvalue weighted by atomic mass is 10.1. The number of rotatable bonds is 6. The fourth-order valence-electron chi connectivity index (χ4n) is 4.01. The van der Waals surface area contributed by atoms with E-state index in [1.807, 2.05) is 31.2 Å². The van der Waals surface area contributed by atoms with Gasteiger partial charge >= 0.3 is 0 Å². The van der Waals surface area contributed by atoms with E-state index in [1.54, 1.807) is 4.90 Å². The van der Waals surface area contributed by atoms with E-state index in [-0.39, 0.29) is 21.5 Å². The van der Waals surface area contributed by atoms with E-state index in [1.165, 1.54) is 42.5 Å². The molecule has 1 aliphatic heterocycles. The number of amides is 1. The predicted octanol–water partition coefficient (Wildman–Crippen LogP) is 5.30. The lowest BCUT2D eigenvalue weighted by Gasteiger charge is -2.28. The first kappa shape index (κ1) is 23.7. The number of para-hydroxylation sites is 1. The first-order valence-electron chi connectivity index (χ1n) is 10.3. The molecule has 33 heavy (non-hydrogen) atoms. The van der Waals surface area contributed by atoms with Gasteiger partial charge in [0, 0.05) is 33.9 Å². The van der Waals surface area contributed by atoms with Gasteiger partial charge in [-0.2, -0.15) is 4.31 Å². The van der Waals surface area contributed by atoms with Crippen LogP contribution >= 0.6 is 23.2 Å². The molecule has 0 bridgehead atoms. The molecule has 9 heteroatoms. The summed E-state index contributed by atoms with van der Waals surface area (Å²) < 4.78 is 42.5. The van der Waals surface area contributed by atoms with Gasteiger partial charge in [-0.3, -0.25) is 4.79 Å². The average Bonchev–Trinajstić information content (AvgIpc) is 3.11. The molecule has 3 aromatic carbocycles. The van der Waals surface area contributed by atoms with E-state index in [2.05, 4.69) is 0 Å². The zero-order valence-corrected chi connectivity index (χ0v) is 20.0. The Hall–Kier alpha value is -2.45. The minimum Gasteiger partial charge on any atom is -0.308 e. The number of anilines is 1. The Morgan fingerprint density at radius 2 is 1.76 bits per heavy atom. The molecule has 3 aromatic rings. The maximum atomic E-state index is 14.5. The van der Waals surface area contributed by atoms with E-state index in [9.17, 15) is 17.6 Å². The number of halogens is 3. The van der Waals surface area contributed by atoms with Crippen LogP contribution in [0, 0.1) is 5.82 Å². The van der Waals surface area contributed by atoms with Crippen molar-refractivity contribution in [2.24, 2.45) is 0 Å². The number of carbonyl (C=O) groups is 1. The molecule has 172 valence electrons. The summed E-state index contributed by atoms with van der Waals surface area (Å²) in [5, 5.41) is 0.454. The van der Waals surface area contributed by atoms with E-state index in [0.717, 1.165) is 15.6 Å². The summed E-state index contributed by atoms with van der Waals surface area (Å²) in [6, 6.07) is 17.1. The Labute approximate surface area is 202 Å². The number of nitrogens with zero attached hydrogens (tertiary/aromatic N) is 2. The molecule has 0 spiro atoms. The van der Waals surface area contributed by atoms with Crippen LogP contribution in [-0.2, 0) is 27.8 Å². The van der Waals surface area contributed by atoms with Crippen LogP contribution < -0.4 is 4.90 Å². The number of hydrogen-bond acceptors (Lipinski definition) is 3. The van der Waals surface area contributed by atoms with Gasteiger partial charge in [0.05, 0.1) is 11.4 Å². The quantitative estimate of drug-likeness (QED) is 0.455. The van der Waals surface area contributed by atoms with Crippen molar-refractivity contribution in [1.29, 1.82) is 0 Å². The summed E-state index contributed by atoms with van der Waals surface area (Å²) >= 11 is 12.1. The van der Waals surface area contributed by atoms with E-state index in [4.69, 9.17) is 23.2 Å². The van der Waals surface area contributed by atoms with E-state index < -0.39 is 34.8 Å². The van der Waals surface area contributed by atoms with Crippen LogP contribution in [0.4, 0.5) is 10.1 Å². The molecule has 1 amide bonds. The molecule has 0 N–H and O–H groups in total. The fourth-order valence-corrected chi connectivity index (χ4v) is 5.72. The van der Waals surface area contributed by atoms with Crippen molar-refractivity contribution in [3.8, 4) is 0 Å². The van der Waals surface area contributed by atoms with Crippen molar-refractivity contribution < 1.29 is 17.6 Å². The number of fused-ring (bicyclic) bond motifs is 1. The molecule has 0 aliphatic carbocycles. The summed E-state index contributed by atoms with van der Waals surface area (Å²) in [5.41, 5.74) is 1.77. The molecule has 0 saturated carbocycles. The molecule has 0 radical (unpaired) electrons. The van der Waals surface area contributed by atoms with Crippen molar-refractivity contribution in [3.63, 3.8) is 0 Å². The molecular weight excluding hydrogens is 486 g/mol. The normalized spacial score (nSPS) is 15.7. The third-order valence-electron chi connectivity index (χ3n) is 5.64. The van der Waals surface area contributed by atoms with Gasteiger partial charge in [-0.15, -0.1) is 0 Å². The Bertz CT molecular complexity index is 1280. The summed E-state index contributed by atoms with van der Waals surface area (Å²) in [5.74, 6) is -1.05. The molecule has 1 atom stereocenters. The van der Waals surface area contributed by atoms with E-state index >= 15 is 0 Å². The number of carbonyl (C=O) groups excluding carboxylic acids is 1. The van der Waals surface area contributed by atoms with Gasteiger partial charge in [0.1, 0.15) is 5.82 Å². The fraction of sp³-hybridized carbons (Fsp3) is 0.208. The molecule has 5 nitrogen and oxygen atoms in total. The second-order valence-corrected chi connectivity index (χ2v) is 10.7. The summed E-state index contributed by atoms with van der Waals surface area (Å²) in [6.07, 6.45) is 0.672. The smallest absolute Gasteiger partial charge is 0.243 e. The highest BCUT2D eigenvalue weighted by Gasteiger charge is 2.35. The van der Waals surface area contributed by atoms with Crippen LogP contribution in [0.1, 0.15) is 18.1 Å². The van der Waals surface area contributed by atoms with Gasteiger partial charge in [0.2, 0.25) is 15.9 Å². The first-order chi connectivity index (χ1) is 15.7. The van der Waals surface area contributed by atoms with Gasteiger partial charge in [-0.25, -0.2) is 12.8 Å². The lowest BCUT2D eigenvalue weighted by molar-refractivity contribution is -0.119. The zero-order chi connectivity index (χ0) is 23.8. The Morgan fingerprint density at radius 3 is 2.45 bits per heavy atom. The average molecular weight is 507 g/mol. The SMILES string of the molecule is CC1Cc2ccccc2N1C(=O)CN(Cc1c(F)cccc1Cl)S(=O)(=O)c1ccc(Cl)cc1. The van der Waals surface area contributed by atoms with Crippen molar-refractivity contribution in [2.45, 2.75) is 30.8 Å². The number of benzene rings is 3. The minimum absolute atomic E-state index is 0.000578. The monoisotopic (exact) mass is 506 g/mol. The molecule has 0 saturated heterocycles. The summed E-state index contributed by atoms with van der Waals surface area (Å²) in [6.45, 7) is 1.03. The molecular formula is C24H21Cl2FN2O3S.